The number of urea groups is 1. The van der Waals surface area contributed by atoms with Gasteiger partial charge in [-0.3, -0.25) is 14.5 Å². The Labute approximate surface area is 169 Å². The van der Waals surface area contributed by atoms with E-state index in [1.807, 2.05) is 18.2 Å². The molecule has 1 unspecified atom stereocenters. The number of allylic oxidation sites excluding steroid dienone is 3. The highest BCUT2D eigenvalue weighted by molar-refractivity contribution is 6.30. The van der Waals surface area contributed by atoms with Crippen LogP contribution in [-0.2, 0) is 16.1 Å². The van der Waals surface area contributed by atoms with Crippen LogP contribution < -0.4 is 5.32 Å². The van der Waals surface area contributed by atoms with Crippen LogP contribution in [0, 0.1) is 5.92 Å². The van der Waals surface area contributed by atoms with E-state index in [0.29, 0.717) is 43.1 Å². The summed E-state index contributed by atoms with van der Waals surface area (Å²) >= 11 is 5.92. The van der Waals surface area contributed by atoms with Gasteiger partial charge in [0.2, 0.25) is 11.8 Å². The van der Waals surface area contributed by atoms with Gasteiger partial charge in [0.15, 0.2) is 0 Å². The van der Waals surface area contributed by atoms with Crippen molar-refractivity contribution < 1.29 is 14.4 Å². The van der Waals surface area contributed by atoms with E-state index < -0.39 is 11.9 Å². The predicted octanol–water partition coefficient (Wildman–Crippen LogP) is 3.66. The molecule has 1 aliphatic heterocycles. The molecule has 1 aromatic carbocycles. The summed E-state index contributed by atoms with van der Waals surface area (Å²) in [5.41, 5.74) is 1.46. The molecule has 6 nitrogen and oxygen atoms in total. The number of carbonyl (C=O) groups is 3. The van der Waals surface area contributed by atoms with Crippen LogP contribution in [0.15, 0.2) is 53.6 Å². The number of fused-ring (bicyclic) bond motifs is 1. The highest BCUT2D eigenvalue weighted by Crippen LogP contribution is 2.20. The quantitative estimate of drug-likeness (QED) is 0.677. The Morgan fingerprint density at radius 2 is 2.04 bits per heavy atom. The van der Waals surface area contributed by atoms with Crippen LogP contribution in [0.25, 0.3) is 0 Å². The van der Waals surface area contributed by atoms with Crippen molar-refractivity contribution in [3.05, 3.63) is 59.2 Å². The third-order valence-electron chi connectivity index (χ3n) is 4.65. The van der Waals surface area contributed by atoms with Crippen LogP contribution in [0.4, 0.5) is 4.79 Å². The fourth-order valence-corrected chi connectivity index (χ4v) is 3.37. The lowest BCUT2D eigenvalue weighted by Crippen LogP contribution is -2.46. The van der Waals surface area contributed by atoms with E-state index in [4.69, 9.17) is 11.6 Å². The summed E-state index contributed by atoms with van der Waals surface area (Å²) in [6.07, 6.45) is 9.50. The summed E-state index contributed by atoms with van der Waals surface area (Å²) in [7, 11) is 0. The monoisotopic (exact) mass is 399 g/mol. The van der Waals surface area contributed by atoms with Gasteiger partial charge in [0.25, 0.3) is 0 Å². The number of aliphatic imine (C=N–C) groups is 1. The van der Waals surface area contributed by atoms with Crippen molar-refractivity contribution in [2.24, 2.45) is 10.9 Å². The maximum Gasteiger partial charge on any atom is 0.350 e. The van der Waals surface area contributed by atoms with Crippen LogP contribution in [-0.4, -0.2) is 35.0 Å². The van der Waals surface area contributed by atoms with Crippen LogP contribution in [0.3, 0.4) is 0 Å². The first kappa shape index (κ1) is 20.0. The van der Waals surface area contributed by atoms with Gasteiger partial charge in [-0.1, -0.05) is 48.4 Å². The standard InChI is InChI=1S/C21H22ClN3O3/c22-16-8-6-7-15(13-16)14-23-19(26)11-2-1-5-12-25-20(27)17-9-3-4-10-18(17)24-21(25)28/h3-4,6-10,13,17H,1-2,5,11-12,14H2,(H,23,26). The van der Waals surface area contributed by atoms with Gasteiger partial charge < -0.3 is 5.32 Å². The topological polar surface area (TPSA) is 78.8 Å². The minimum Gasteiger partial charge on any atom is -0.352 e. The number of nitrogens with zero attached hydrogens (tertiary/aromatic N) is 2. The number of imide groups is 1. The normalized spacial score (nSPS) is 18.1. The number of nitrogens with one attached hydrogen (secondary N) is 1. The molecule has 1 aromatic rings. The molecule has 1 N–H and O–H groups in total. The first-order chi connectivity index (χ1) is 13.5. The Morgan fingerprint density at radius 1 is 1.18 bits per heavy atom. The summed E-state index contributed by atoms with van der Waals surface area (Å²) in [6, 6.07) is 6.86. The third-order valence-corrected chi connectivity index (χ3v) is 4.89. The molecule has 7 heteroatoms. The molecule has 0 saturated heterocycles. The molecule has 0 aromatic heterocycles. The zero-order valence-electron chi connectivity index (χ0n) is 15.4. The van der Waals surface area contributed by atoms with Crippen molar-refractivity contribution in [3.63, 3.8) is 0 Å². The maximum absolute atomic E-state index is 12.5. The number of rotatable bonds is 8. The molecule has 0 bridgehead atoms. The Bertz CT molecular complexity index is 860. The SMILES string of the molecule is O=C(CCCCCN1C(=O)N=C2C=CC=CC2C1=O)NCc1cccc(Cl)c1. The molecule has 4 amide bonds. The lowest BCUT2D eigenvalue weighted by Gasteiger charge is -2.28. The highest BCUT2D eigenvalue weighted by atomic mass is 35.5. The first-order valence-corrected chi connectivity index (χ1v) is 9.72. The number of benzene rings is 1. The molecule has 0 spiro atoms. The Hall–Kier alpha value is -2.73. The number of hydrogen-bond donors (Lipinski definition) is 1. The van der Waals surface area contributed by atoms with Gasteiger partial charge in [0.1, 0.15) is 0 Å². The van der Waals surface area contributed by atoms with Crippen LogP contribution in [0.5, 0.6) is 0 Å². The average molecular weight is 400 g/mol. The van der Waals surface area contributed by atoms with E-state index in [-0.39, 0.29) is 11.8 Å². The summed E-state index contributed by atoms with van der Waals surface area (Å²) in [5.74, 6) is -0.715. The average Bonchev–Trinajstić information content (AvgIpc) is 2.68. The van der Waals surface area contributed by atoms with Gasteiger partial charge >= 0.3 is 6.03 Å². The molecule has 3 rings (SSSR count). The second-order valence-corrected chi connectivity index (χ2v) is 7.18. The van der Waals surface area contributed by atoms with Crippen molar-refractivity contribution in [1.82, 2.24) is 10.2 Å². The van der Waals surface area contributed by atoms with Gasteiger partial charge in [-0.2, -0.15) is 4.99 Å². The second-order valence-electron chi connectivity index (χ2n) is 6.75. The smallest absolute Gasteiger partial charge is 0.350 e. The number of unbranched alkanes of at least 4 members (excludes halogenated alkanes) is 2. The van der Waals surface area contributed by atoms with Crippen molar-refractivity contribution in [2.75, 3.05) is 6.54 Å². The van der Waals surface area contributed by atoms with Gasteiger partial charge in [-0.05, 0) is 36.6 Å². The van der Waals surface area contributed by atoms with Crippen molar-refractivity contribution >= 4 is 35.2 Å². The maximum atomic E-state index is 12.5. The number of amides is 4. The van der Waals surface area contributed by atoms with Crippen LogP contribution in [0.1, 0.15) is 31.2 Å². The molecule has 28 heavy (non-hydrogen) atoms. The summed E-state index contributed by atoms with van der Waals surface area (Å²) in [4.78, 5) is 41.6. The van der Waals surface area contributed by atoms with E-state index in [1.165, 1.54) is 4.90 Å². The van der Waals surface area contributed by atoms with Crippen molar-refractivity contribution in [2.45, 2.75) is 32.2 Å². The Balaban J connectivity index is 1.35. The Morgan fingerprint density at radius 3 is 2.86 bits per heavy atom. The second kappa shape index (κ2) is 9.46. The molecule has 1 heterocycles. The fraction of sp³-hybridized carbons (Fsp3) is 0.333. The van der Waals surface area contributed by atoms with Gasteiger partial charge in [0.05, 0.1) is 11.6 Å². The van der Waals surface area contributed by atoms with Crippen molar-refractivity contribution in [3.8, 4) is 0 Å². The van der Waals surface area contributed by atoms with Crippen LogP contribution in [0.2, 0.25) is 5.02 Å². The summed E-state index contributed by atoms with van der Waals surface area (Å²) in [5, 5.41) is 3.51. The van der Waals surface area contributed by atoms with E-state index in [9.17, 15) is 14.4 Å². The summed E-state index contributed by atoms with van der Waals surface area (Å²) < 4.78 is 0. The van der Waals surface area contributed by atoms with E-state index in [2.05, 4.69) is 10.3 Å². The van der Waals surface area contributed by atoms with Gasteiger partial charge in [-0.15, -0.1) is 0 Å². The van der Waals surface area contributed by atoms with E-state index in [0.717, 1.165) is 12.0 Å². The van der Waals surface area contributed by atoms with Crippen LogP contribution >= 0.6 is 11.6 Å². The van der Waals surface area contributed by atoms with Gasteiger partial charge in [0, 0.05) is 24.5 Å². The number of hydrogen-bond acceptors (Lipinski definition) is 3. The highest BCUT2D eigenvalue weighted by Gasteiger charge is 2.35. The molecule has 1 atom stereocenters. The predicted molar refractivity (Wildman–Crippen MR) is 108 cm³/mol. The molecular weight excluding hydrogens is 378 g/mol. The molecule has 0 fully saturated rings. The van der Waals surface area contributed by atoms with Gasteiger partial charge in [-0.25, -0.2) is 4.79 Å². The zero-order valence-corrected chi connectivity index (χ0v) is 16.2. The van der Waals surface area contributed by atoms with Crippen molar-refractivity contribution in [1.29, 1.82) is 0 Å². The van der Waals surface area contributed by atoms with E-state index >= 15 is 0 Å². The first-order valence-electron chi connectivity index (χ1n) is 9.34. The van der Waals surface area contributed by atoms with E-state index in [1.54, 1.807) is 30.4 Å². The molecular formula is C21H22ClN3O3. The lowest BCUT2D eigenvalue weighted by atomic mass is 9.95. The zero-order chi connectivity index (χ0) is 19.9. The third kappa shape index (κ3) is 5.16. The number of carbonyl (C=O) groups excluding carboxylic acids is 3. The Kier molecular flexibility index (Phi) is 6.76. The molecule has 0 saturated carbocycles. The number of halogens is 1. The molecule has 146 valence electrons. The minimum atomic E-state index is -0.504. The molecule has 0 radical (unpaired) electrons. The minimum absolute atomic E-state index is 0.0292. The lowest BCUT2D eigenvalue weighted by molar-refractivity contribution is -0.129. The fourth-order valence-electron chi connectivity index (χ4n) is 3.15. The summed E-state index contributed by atoms with van der Waals surface area (Å²) in [6.45, 7) is 0.770. The largest absolute Gasteiger partial charge is 0.352 e. The molecule has 1 aliphatic carbocycles. The molecule has 2 aliphatic rings.